The first-order chi connectivity index (χ1) is 9.01. The van der Waals surface area contributed by atoms with Gasteiger partial charge in [-0.15, -0.1) is 11.6 Å². The molecule has 102 valence electrons. The third-order valence-electron chi connectivity index (χ3n) is 2.69. The van der Waals surface area contributed by atoms with Gasteiger partial charge >= 0.3 is 0 Å². The first-order valence-electron chi connectivity index (χ1n) is 5.67. The van der Waals surface area contributed by atoms with E-state index in [-0.39, 0.29) is 0 Å². The molecular weight excluding hydrogens is 307 g/mol. The average molecular weight is 320 g/mol. The Balaban J connectivity index is 2.22. The maximum atomic E-state index is 6.13. The lowest BCUT2D eigenvalue weighted by Gasteiger charge is -2.12. The smallest absolute Gasteiger partial charge is 0.142 e. The van der Waals surface area contributed by atoms with Crippen LogP contribution >= 0.6 is 34.8 Å². The lowest BCUT2D eigenvalue weighted by Crippen LogP contribution is -2.04. The molecule has 1 aromatic carbocycles. The highest BCUT2D eigenvalue weighted by molar-refractivity contribution is 6.35. The molecule has 0 unspecified atom stereocenters. The minimum Gasteiger partial charge on any atom is -0.485 e. The van der Waals surface area contributed by atoms with Gasteiger partial charge in [0.15, 0.2) is 0 Å². The number of aromatic nitrogens is 2. The minimum absolute atomic E-state index is 0.292. The van der Waals surface area contributed by atoms with Crippen LogP contribution in [0.25, 0.3) is 0 Å². The summed E-state index contributed by atoms with van der Waals surface area (Å²) in [6.07, 6.45) is 0. The third-order valence-corrected chi connectivity index (χ3v) is 3.48. The number of nitrogens with zero attached hydrogens (tertiary/aromatic N) is 2. The van der Waals surface area contributed by atoms with Crippen LogP contribution in [0.1, 0.15) is 17.0 Å². The fourth-order valence-electron chi connectivity index (χ4n) is 1.82. The molecule has 1 heterocycles. The Kier molecular flexibility index (Phi) is 4.61. The number of hydrogen-bond donors (Lipinski definition) is 0. The van der Waals surface area contributed by atoms with Gasteiger partial charge in [-0.1, -0.05) is 23.2 Å². The van der Waals surface area contributed by atoms with Crippen molar-refractivity contribution in [2.24, 2.45) is 7.05 Å². The van der Waals surface area contributed by atoms with Crippen molar-refractivity contribution in [3.63, 3.8) is 0 Å². The molecule has 0 saturated heterocycles. The van der Waals surface area contributed by atoms with Gasteiger partial charge in [0, 0.05) is 17.6 Å². The molecule has 2 rings (SSSR count). The van der Waals surface area contributed by atoms with E-state index in [0.717, 1.165) is 17.0 Å². The van der Waals surface area contributed by atoms with Crippen molar-refractivity contribution < 1.29 is 4.74 Å². The van der Waals surface area contributed by atoms with Gasteiger partial charge in [0.2, 0.25) is 0 Å². The van der Waals surface area contributed by atoms with Crippen molar-refractivity contribution in [2.45, 2.75) is 19.4 Å². The molecule has 0 fully saturated rings. The second kappa shape index (κ2) is 6.04. The summed E-state index contributed by atoms with van der Waals surface area (Å²) < 4.78 is 7.54. The topological polar surface area (TPSA) is 27.1 Å². The molecular formula is C13H13Cl3N2O. The molecule has 0 aliphatic rings. The second-order valence-corrected chi connectivity index (χ2v) is 5.31. The molecule has 0 amide bonds. The van der Waals surface area contributed by atoms with E-state index < -0.39 is 0 Å². The fraction of sp³-hybridized carbons (Fsp3) is 0.308. The molecule has 2 aromatic rings. The molecule has 0 spiro atoms. The monoisotopic (exact) mass is 318 g/mol. The number of halogens is 3. The van der Waals surface area contributed by atoms with Gasteiger partial charge in [-0.05, 0) is 25.1 Å². The van der Waals surface area contributed by atoms with Gasteiger partial charge in [0.25, 0.3) is 0 Å². The van der Waals surface area contributed by atoms with Crippen LogP contribution in [0, 0.1) is 6.92 Å². The number of alkyl halides is 1. The summed E-state index contributed by atoms with van der Waals surface area (Å²) in [7, 11) is 1.87. The van der Waals surface area contributed by atoms with Crippen molar-refractivity contribution in [3.8, 4) is 5.75 Å². The quantitative estimate of drug-likeness (QED) is 0.783. The number of aryl methyl sites for hydroxylation is 2. The SMILES string of the molecule is Cc1cc(COc2c(Cl)cc(Cl)cc2CCl)n(C)n1. The van der Waals surface area contributed by atoms with Crippen molar-refractivity contribution >= 4 is 34.8 Å². The van der Waals surface area contributed by atoms with Gasteiger partial charge in [0.05, 0.1) is 22.3 Å². The summed E-state index contributed by atoms with van der Waals surface area (Å²) in [6, 6.07) is 5.36. The van der Waals surface area contributed by atoms with E-state index in [0.29, 0.717) is 28.3 Å². The van der Waals surface area contributed by atoms with Gasteiger partial charge in [-0.25, -0.2) is 0 Å². The highest BCUT2D eigenvalue weighted by Gasteiger charge is 2.11. The second-order valence-electron chi connectivity index (χ2n) is 4.20. The highest BCUT2D eigenvalue weighted by Crippen LogP contribution is 2.33. The molecule has 0 aliphatic carbocycles. The molecule has 6 heteroatoms. The Hall–Kier alpha value is -0.900. The normalized spacial score (nSPS) is 10.8. The molecule has 0 saturated carbocycles. The first-order valence-corrected chi connectivity index (χ1v) is 6.96. The Bertz CT molecular complexity index is 596. The van der Waals surface area contributed by atoms with E-state index >= 15 is 0 Å². The van der Waals surface area contributed by atoms with Gasteiger partial charge in [-0.2, -0.15) is 5.10 Å². The predicted molar refractivity (Wildman–Crippen MR) is 78.3 cm³/mol. The maximum Gasteiger partial charge on any atom is 0.142 e. The number of rotatable bonds is 4. The summed E-state index contributed by atoms with van der Waals surface area (Å²) in [5.41, 5.74) is 2.68. The van der Waals surface area contributed by atoms with E-state index in [1.54, 1.807) is 16.8 Å². The van der Waals surface area contributed by atoms with E-state index in [1.807, 2.05) is 20.0 Å². The number of hydrogen-bond acceptors (Lipinski definition) is 2. The zero-order chi connectivity index (χ0) is 14.0. The van der Waals surface area contributed by atoms with Crippen molar-refractivity contribution in [1.82, 2.24) is 9.78 Å². The van der Waals surface area contributed by atoms with E-state index in [2.05, 4.69) is 5.10 Å². The molecule has 0 N–H and O–H groups in total. The van der Waals surface area contributed by atoms with Crippen LogP contribution in [-0.4, -0.2) is 9.78 Å². The first kappa shape index (κ1) is 14.5. The van der Waals surface area contributed by atoms with E-state index in [1.165, 1.54) is 0 Å². The zero-order valence-electron chi connectivity index (χ0n) is 10.6. The largest absolute Gasteiger partial charge is 0.485 e. The van der Waals surface area contributed by atoms with Crippen LogP contribution < -0.4 is 4.74 Å². The molecule has 3 nitrogen and oxygen atoms in total. The molecule has 19 heavy (non-hydrogen) atoms. The molecule has 0 radical (unpaired) electrons. The van der Waals surface area contributed by atoms with Gasteiger partial charge < -0.3 is 4.74 Å². The van der Waals surface area contributed by atoms with Gasteiger partial charge in [0.1, 0.15) is 12.4 Å². The lowest BCUT2D eigenvalue weighted by atomic mass is 10.2. The standard InChI is InChI=1S/C13H13Cl3N2O/c1-8-3-11(18(2)17-8)7-19-13-9(6-14)4-10(15)5-12(13)16/h3-5H,6-7H2,1-2H3. The summed E-state index contributed by atoms with van der Waals surface area (Å²) in [6.45, 7) is 2.31. The fourth-order valence-corrected chi connectivity index (χ4v) is 2.61. The zero-order valence-corrected chi connectivity index (χ0v) is 12.9. The third kappa shape index (κ3) is 3.35. The van der Waals surface area contributed by atoms with Crippen molar-refractivity contribution in [1.29, 1.82) is 0 Å². The van der Waals surface area contributed by atoms with E-state index in [4.69, 9.17) is 39.5 Å². The lowest BCUT2D eigenvalue weighted by molar-refractivity contribution is 0.293. The van der Waals surface area contributed by atoms with Crippen molar-refractivity contribution in [3.05, 3.63) is 45.2 Å². The van der Waals surface area contributed by atoms with Crippen LogP contribution in [0.2, 0.25) is 10.0 Å². The summed E-state index contributed by atoms with van der Waals surface area (Å²) in [5.74, 6) is 0.861. The number of benzene rings is 1. The molecule has 0 aliphatic heterocycles. The van der Waals surface area contributed by atoms with Gasteiger partial charge in [-0.3, -0.25) is 4.68 Å². The van der Waals surface area contributed by atoms with Crippen LogP contribution in [0.4, 0.5) is 0 Å². The summed E-state index contributed by atoms with van der Waals surface area (Å²) in [4.78, 5) is 0. The molecule has 0 atom stereocenters. The van der Waals surface area contributed by atoms with Crippen LogP contribution in [0.15, 0.2) is 18.2 Å². The summed E-state index contributed by atoms with van der Waals surface area (Å²) in [5, 5.41) is 5.26. The summed E-state index contributed by atoms with van der Waals surface area (Å²) >= 11 is 17.9. The molecule has 0 bridgehead atoms. The Labute approximate surface area is 127 Å². The Morgan fingerprint density at radius 1 is 1.26 bits per heavy atom. The number of ether oxygens (including phenoxy) is 1. The van der Waals surface area contributed by atoms with Crippen LogP contribution in [0.5, 0.6) is 5.75 Å². The Morgan fingerprint density at radius 3 is 2.58 bits per heavy atom. The van der Waals surface area contributed by atoms with Crippen molar-refractivity contribution in [2.75, 3.05) is 0 Å². The maximum absolute atomic E-state index is 6.13. The van der Waals surface area contributed by atoms with E-state index in [9.17, 15) is 0 Å². The highest BCUT2D eigenvalue weighted by atomic mass is 35.5. The minimum atomic E-state index is 0.292. The Morgan fingerprint density at radius 2 is 2.00 bits per heavy atom. The van der Waals surface area contributed by atoms with Crippen LogP contribution in [-0.2, 0) is 19.5 Å². The van der Waals surface area contributed by atoms with Crippen LogP contribution in [0.3, 0.4) is 0 Å². The average Bonchev–Trinajstić information content (AvgIpc) is 2.65. The molecule has 1 aromatic heterocycles. The predicted octanol–water partition coefficient (Wildman–Crippen LogP) is 4.35.